The zero-order chi connectivity index (χ0) is 9.10. The summed E-state index contributed by atoms with van der Waals surface area (Å²) in [6.07, 6.45) is 1.53. The van der Waals surface area contributed by atoms with Crippen LogP contribution >= 0.6 is 0 Å². The Bertz CT molecular complexity index is 384. The largest absolute Gasteiger partial charge is 0.436 e. The van der Waals surface area contributed by atoms with Gasteiger partial charge >= 0.3 is 0 Å². The fraction of sp³-hybridized carbons (Fsp3) is 0.111. The number of aryl methyl sites for hydroxylation is 1. The molecule has 1 N–H and O–H groups in total. The van der Waals surface area contributed by atoms with Gasteiger partial charge in [-0.1, -0.05) is 18.2 Å². The molecule has 13 heavy (non-hydrogen) atoms. The van der Waals surface area contributed by atoms with Crippen LogP contribution in [0.1, 0.15) is 5.56 Å². The maximum absolute atomic E-state index is 5.44. The number of hydrogen-bond acceptors (Lipinski definition) is 3. The van der Waals surface area contributed by atoms with Gasteiger partial charge < -0.3 is 4.74 Å². The van der Waals surface area contributed by atoms with Crippen molar-refractivity contribution >= 4 is 0 Å². The van der Waals surface area contributed by atoms with Gasteiger partial charge in [0.1, 0.15) is 11.9 Å². The molecule has 1 heterocycles. The topological polar surface area (TPSA) is 50.8 Å². The van der Waals surface area contributed by atoms with E-state index >= 15 is 0 Å². The molecule has 0 aliphatic rings. The van der Waals surface area contributed by atoms with Crippen LogP contribution < -0.4 is 4.74 Å². The van der Waals surface area contributed by atoms with Crippen LogP contribution in [0, 0.1) is 6.92 Å². The molecule has 0 fully saturated rings. The third-order valence-electron chi connectivity index (χ3n) is 1.70. The van der Waals surface area contributed by atoms with E-state index in [2.05, 4.69) is 15.4 Å². The van der Waals surface area contributed by atoms with Crippen molar-refractivity contribution in [3.63, 3.8) is 0 Å². The summed E-state index contributed by atoms with van der Waals surface area (Å²) < 4.78 is 5.44. The Balaban J connectivity index is 2.24. The average Bonchev–Trinajstić information content (AvgIpc) is 2.61. The maximum atomic E-state index is 5.44. The molecule has 66 valence electrons. The molecule has 0 atom stereocenters. The molecule has 2 rings (SSSR count). The summed E-state index contributed by atoms with van der Waals surface area (Å²) in [5.74, 6) is 1.28. The summed E-state index contributed by atoms with van der Waals surface area (Å²) in [6.45, 7) is 1.98. The average molecular weight is 175 g/mol. The third kappa shape index (κ3) is 1.66. The molecule has 0 unspecified atom stereocenters. The Hall–Kier alpha value is -1.84. The molecule has 0 aliphatic carbocycles. The molecular weight excluding hydrogens is 166 g/mol. The second-order valence-corrected chi connectivity index (χ2v) is 2.68. The van der Waals surface area contributed by atoms with E-state index in [1.54, 1.807) is 0 Å². The van der Waals surface area contributed by atoms with Crippen LogP contribution in [0.15, 0.2) is 30.5 Å². The SMILES string of the molecule is Cc1ccccc1Oc1cn[nH]n1. The highest BCUT2D eigenvalue weighted by molar-refractivity contribution is 5.34. The van der Waals surface area contributed by atoms with Crippen LogP contribution in [-0.2, 0) is 0 Å². The number of rotatable bonds is 2. The molecule has 1 aromatic carbocycles. The zero-order valence-corrected chi connectivity index (χ0v) is 7.19. The molecule has 0 radical (unpaired) electrons. The van der Waals surface area contributed by atoms with Gasteiger partial charge in [-0.15, -0.1) is 5.10 Å². The number of H-pyrrole nitrogens is 1. The van der Waals surface area contributed by atoms with E-state index < -0.39 is 0 Å². The Morgan fingerprint density at radius 2 is 2.15 bits per heavy atom. The maximum Gasteiger partial charge on any atom is 0.258 e. The van der Waals surface area contributed by atoms with Crippen molar-refractivity contribution in [1.29, 1.82) is 0 Å². The summed E-state index contributed by atoms with van der Waals surface area (Å²) in [4.78, 5) is 0. The molecule has 0 amide bonds. The Kier molecular flexibility index (Phi) is 1.96. The number of aromatic nitrogens is 3. The van der Waals surface area contributed by atoms with Crippen LogP contribution in [0.3, 0.4) is 0 Å². The van der Waals surface area contributed by atoms with Gasteiger partial charge in [0.05, 0.1) is 0 Å². The highest BCUT2D eigenvalue weighted by Crippen LogP contribution is 2.21. The van der Waals surface area contributed by atoms with Gasteiger partial charge in [-0.3, -0.25) is 0 Å². The highest BCUT2D eigenvalue weighted by atomic mass is 16.5. The predicted molar refractivity (Wildman–Crippen MR) is 47.6 cm³/mol. The predicted octanol–water partition coefficient (Wildman–Crippen LogP) is 1.91. The lowest BCUT2D eigenvalue weighted by Gasteiger charge is -2.03. The second-order valence-electron chi connectivity index (χ2n) is 2.68. The van der Waals surface area contributed by atoms with E-state index in [-0.39, 0.29) is 0 Å². The first-order valence-electron chi connectivity index (χ1n) is 3.95. The minimum Gasteiger partial charge on any atom is -0.436 e. The van der Waals surface area contributed by atoms with E-state index in [0.717, 1.165) is 11.3 Å². The fourth-order valence-corrected chi connectivity index (χ4v) is 1.02. The van der Waals surface area contributed by atoms with Crippen LogP contribution in [-0.4, -0.2) is 15.4 Å². The first-order chi connectivity index (χ1) is 6.36. The number of ether oxygens (including phenoxy) is 1. The first-order valence-corrected chi connectivity index (χ1v) is 3.95. The number of aromatic amines is 1. The Labute approximate surface area is 75.6 Å². The quantitative estimate of drug-likeness (QED) is 0.758. The van der Waals surface area contributed by atoms with Crippen molar-refractivity contribution in [2.75, 3.05) is 0 Å². The van der Waals surface area contributed by atoms with Gasteiger partial charge in [0, 0.05) is 0 Å². The fourth-order valence-electron chi connectivity index (χ4n) is 1.02. The smallest absolute Gasteiger partial charge is 0.258 e. The monoisotopic (exact) mass is 175 g/mol. The van der Waals surface area contributed by atoms with E-state index in [1.807, 2.05) is 31.2 Å². The van der Waals surface area contributed by atoms with Crippen LogP contribution in [0.5, 0.6) is 11.6 Å². The van der Waals surface area contributed by atoms with Gasteiger partial charge in [0.2, 0.25) is 0 Å². The number of nitrogens with one attached hydrogen (secondary N) is 1. The summed E-state index contributed by atoms with van der Waals surface area (Å²) in [5.41, 5.74) is 1.07. The third-order valence-corrected chi connectivity index (χ3v) is 1.70. The lowest BCUT2D eigenvalue weighted by atomic mass is 10.2. The number of benzene rings is 1. The first kappa shape index (κ1) is 7.79. The molecule has 4 nitrogen and oxygen atoms in total. The zero-order valence-electron chi connectivity index (χ0n) is 7.19. The van der Waals surface area contributed by atoms with E-state index in [4.69, 9.17) is 4.74 Å². The van der Waals surface area contributed by atoms with Gasteiger partial charge in [-0.05, 0) is 18.6 Å². The van der Waals surface area contributed by atoms with Gasteiger partial charge in [0.15, 0.2) is 0 Å². The van der Waals surface area contributed by atoms with Crippen molar-refractivity contribution in [3.05, 3.63) is 36.0 Å². The number of hydrogen-bond donors (Lipinski definition) is 1. The van der Waals surface area contributed by atoms with Crippen LogP contribution in [0.2, 0.25) is 0 Å². The van der Waals surface area contributed by atoms with Crippen molar-refractivity contribution in [3.8, 4) is 11.6 Å². The molecule has 0 saturated carbocycles. The summed E-state index contributed by atoms with van der Waals surface area (Å²) in [6, 6.07) is 7.76. The standard InChI is InChI=1S/C9H9N3O/c1-7-4-2-3-5-8(7)13-9-6-10-12-11-9/h2-6H,1H3,(H,10,11,12). The van der Waals surface area contributed by atoms with Crippen molar-refractivity contribution in [1.82, 2.24) is 15.4 Å². The highest BCUT2D eigenvalue weighted by Gasteiger charge is 2.00. The van der Waals surface area contributed by atoms with Crippen LogP contribution in [0.25, 0.3) is 0 Å². The second kappa shape index (κ2) is 3.26. The molecule has 0 aliphatic heterocycles. The molecular formula is C9H9N3O. The van der Waals surface area contributed by atoms with Crippen molar-refractivity contribution in [2.45, 2.75) is 6.92 Å². The lowest BCUT2D eigenvalue weighted by molar-refractivity contribution is 0.458. The minimum atomic E-state index is 0.481. The van der Waals surface area contributed by atoms with Crippen LogP contribution in [0.4, 0.5) is 0 Å². The molecule has 0 bridgehead atoms. The van der Waals surface area contributed by atoms with Gasteiger partial charge in [0.25, 0.3) is 5.88 Å². The molecule has 4 heteroatoms. The summed E-state index contributed by atoms with van der Waals surface area (Å²) in [5, 5.41) is 9.93. The molecule has 2 aromatic rings. The summed E-state index contributed by atoms with van der Waals surface area (Å²) >= 11 is 0. The molecule has 0 spiro atoms. The van der Waals surface area contributed by atoms with E-state index in [0.29, 0.717) is 5.88 Å². The van der Waals surface area contributed by atoms with Crippen molar-refractivity contribution in [2.24, 2.45) is 0 Å². The molecule has 1 aromatic heterocycles. The number of para-hydroxylation sites is 1. The van der Waals surface area contributed by atoms with Crippen molar-refractivity contribution < 1.29 is 4.74 Å². The Morgan fingerprint density at radius 3 is 2.85 bits per heavy atom. The summed E-state index contributed by atoms with van der Waals surface area (Å²) in [7, 11) is 0. The minimum absolute atomic E-state index is 0.481. The lowest BCUT2D eigenvalue weighted by Crippen LogP contribution is -1.86. The van der Waals surface area contributed by atoms with E-state index in [1.165, 1.54) is 6.20 Å². The number of nitrogens with zero attached hydrogens (tertiary/aromatic N) is 2. The van der Waals surface area contributed by atoms with Gasteiger partial charge in [-0.2, -0.15) is 10.3 Å². The molecule has 0 saturated heterocycles. The normalized spacial score (nSPS) is 9.92. The Morgan fingerprint density at radius 1 is 1.31 bits per heavy atom. The van der Waals surface area contributed by atoms with E-state index in [9.17, 15) is 0 Å². The van der Waals surface area contributed by atoms with Gasteiger partial charge in [-0.25, -0.2) is 0 Å².